The van der Waals surface area contributed by atoms with Gasteiger partial charge in [-0.05, 0) is 35.2 Å². The van der Waals surface area contributed by atoms with Crippen molar-refractivity contribution in [3.63, 3.8) is 0 Å². The maximum absolute atomic E-state index is 12.3. The zero-order valence-electron chi connectivity index (χ0n) is 11.0. The number of sulfone groups is 1. The minimum Gasteiger partial charge on any atom is -0.392 e. The van der Waals surface area contributed by atoms with Crippen molar-refractivity contribution in [2.75, 3.05) is 11.0 Å². The van der Waals surface area contributed by atoms with Crippen molar-refractivity contribution in [2.45, 2.75) is 16.4 Å². The average molecular weight is 347 g/mol. The first-order valence-electron chi connectivity index (χ1n) is 5.74. The molecule has 0 aliphatic carbocycles. The van der Waals surface area contributed by atoms with Gasteiger partial charge in [-0.2, -0.15) is 0 Å². The van der Waals surface area contributed by atoms with Gasteiger partial charge >= 0.3 is 0 Å². The zero-order chi connectivity index (χ0) is 15.7. The minimum atomic E-state index is -4.02. The molecule has 21 heavy (non-hydrogen) atoms. The largest absolute Gasteiger partial charge is 0.392 e. The summed E-state index contributed by atoms with van der Waals surface area (Å²) >= 11 is 1.19. The maximum Gasteiger partial charge on any atom is 0.263 e. The molecule has 0 spiro atoms. The number of benzene rings is 1. The molecule has 0 atom stereocenters. The molecule has 1 aromatic heterocycles. The summed E-state index contributed by atoms with van der Waals surface area (Å²) in [4.78, 5) is -0.672. The molecule has 0 amide bonds. The number of hydrogen-bond donors (Lipinski definition) is 2. The van der Waals surface area contributed by atoms with Crippen molar-refractivity contribution in [1.82, 2.24) is 0 Å². The van der Waals surface area contributed by atoms with Crippen LogP contribution in [-0.4, -0.2) is 28.2 Å². The molecular formula is C12H13NO5S3. The molecule has 0 saturated carbocycles. The number of aliphatic hydroxyl groups excluding tert-OH is 1. The van der Waals surface area contributed by atoms with Crippen molar-refractivity contribution >= 4 is 36.2 Å². The molecule has 0 aliphatic rings. The summed E-state index contributed by atoms with van der Waals surface area (Å²) in [6.07, 6.45) is 0.924. The number of sulfonamides is 1. The van der Waals surface area contributed by atoms with Gasteiger partial charge < -0.3 is 5.11 Å². The molecule has 6 nitrogen and oxygen atoms in total. The molecule has 0 aliphatic heterocycles. The SMILES string of the molecule is CS(=O)(=O)c1cc(CO)ccc1S(=O)(=O)Nc1cccs1. The first-order valence-corrected chi connectivity index (χ1v) is 9.99. The van der Waals surface area contributed by atoms with Gasteiger partial charge in [-0.25, -0.2) is 16.8 Å². The van der Waals surface area contributed by atoms with E-state index in [1.54, 1.807) is 17.5 Å². The molecular weight excluding hydrogens is 334 g/mol. The standard InChI is InChI=1S/C12H13NO5S3/c1-20(15,16)11-7-9(8-14)4-5-10(11)21(17,18)13-12-3-2-6-19-12/h2-7,13-14H,8H2,1H3. The van der Waals surface area contributed by atoms with E-state index in [2.05, 4.69) is 4.72 Å². The number of rotatable bonds is 5. The Kier molecular flexibility index (Phi) is 4.38. The highest BCUT2D eigenvalue weighted by Crippen LogP contribution is 2.26. The Morgan fingerprint density at radius 1 is 1.14 bits per heavy atom. The smallest absolute Gasteiger partial charge is 0.263 e. The van der Waals surface area contributed by atoms with Gasteiger partial charge in [0.25, 0.3) is 10.0 Å². The third-order valence-corrected chi connectivity index (χ3v) is 6.24. The van der Waals surface area contributed by atoms with Crippen molar-refractivity contribution in [3.8, 4) is 0 Å². The number of hydrogen-bond acceptors (Lipinski definition) is 6. The lowest BCUT2D eigenvalue weighted by Crippen LogP contribution is -2.16. The van der Waals surface area contributed by atoms with Crippen molar-refractivity contribution < 1.29 is 21.9 Å². The Labute approximate surface area is 127 Å². The van der Waals surface area contributed by atoms with Gasteiger partial charge in [-0.3, -0.25) is 4.72 Å². The van der Waals surface area contributed by atoms with E-state index >= 15 is 0 Å². The van der Waals surface area contributed by atoms with E-state index in [0.717, 1.165) is 12.3 Å². The van der Waals surface area contributed by atoms with E-state index in [-0.39, 0.29) is 16.4 Å². The van der Waals surface area contributed by atoms with E-state index in [9.17, 15) is 16.8 Å². The van der Waals surface area contributed by atoms with E-state index in [1.165, 1.54) is 23.5 Å². The third kappa shape index (κ3) is 3.62. The lowest BCUT2D eigenvalue weighted by molar-refractivity contribution is 0.281. The molecule has 2 N–H and O–H groups in total. The lowest BCUT2D eigenvalue weighted by Gasteiger charge is -2.11. The highest BCUT2D eigenvalue weighted by Gasteiger charge is 2.24. The Morgan fingerprint density at radius 3 is 2.38 bits per heavy atom. The van der Waals surface area contributed by atoms with E-state index in [0.29, 0.717) is 10.6 Å². The fourth-order valence-electron chi connectivity index (χ4n) is 1.69. The topological polar surface area (TPSA) is 101 Å². The predicted molar refractivity (Wildman–Crippen MR) is 80.6 cm³/mol. The van der Waals surface area contributed by atoms with Crippen LogP contribution in [0.15, 0.2) is 45.5 Å². The van der Waals surface area contributed by atoms with Crippen LogP contribution in [0.4, 0.5) is 5.00 Å². The highest BCUT2D eigenvalue weighted by molar-refractivity contribution is 7.95. The van der Waals surface area contributed by atoms with Crippen LogP contribution in [0, 0.1) is 0 Å². The molecule has 0 bridgehead atoms. The summed E-state index contributed by atoms with van der Waals surface area (Å²) in [6.45, 7) is -0.374. The van der Waals surface area contributed by atoms with Gasteiger partial charge in [-0.1, -0.05) is 6.07 Å². The predicted octanol–water partition coefficient (Wildman–Crippen LogP) is 1.44. The maximum atomic E-state index is 12.3. The fourth-order valence-corrected chi connectivity index (χ4v) is 5.27. The summed E-state index contributed by atoms with van der Waals surface area (Å²) in [5.74, 6) is 0. The monoisotopic (exact) mass is 347 g/mol. The molecule has 2 aromatic rings. The van der Waals surface area contributed by atoms with Crippen LogP contribution in [0.25, 0.3) is 0 Å². The van der Waals surface area contributed by atoms with Crippen LogP contribution in [0.5, 0.6) is 0 Å². The third-order valence-electron chi connectivity index (χ3n) is 2.64. The van der Waals surface area contributed by atoms with Gasteiger partial charge in [0.1, 0.15) is 9.90 Å². The Morgan fingerprint density at radius 2 is 1.86 bits per heavy atom. The summed E-state index contributed by atoms with van der Waals surface area (Å²) in [6, 6.07) is 6.97. The van der Waals surface area contributed by atoms with Crippen LogP contribution in [-0.2, 0) is 26.5 Å². The number of thiophene rings is 1. The summed E-state index contributed by atoms with van der Waals surface area (Å²) in [5.41, 5.74) is 0.325. The molecule has 2 rings (SSSR count). The van der Waals surface area contributed by atoms with Crippen molar-refractivity contribution in [3.05, 3.63) is 41.3 Å². The molecule has 0 saturated heterocycles. The van der Waals surface area contributed by atoms with E-state index in [4.69, 9.17) is 5.11 Å². The van der Waals surface area contributed by atoms with Gasteiger partial charge in [0.05, 0.1) is 11.5 Å². The van der Waals surface area contributed by atoms with Gasteiger partial charge in [0.15, 0.2) is 9.84 Å². The molecule has 9 heteroatoms. The molecule has 0 unspecified atom stereocenters. The Bertz CT molecular complexity index is 839. The molecule has 0 radical (unpaired) electrons. The molecule has 1 aromatic carbocycles. The Hall–Kier alpha value is -1.42. The first kappa shape index (κ1) is 16.0. The van der Waals surface area contributed by atoms with Gasteiger partial charge in [0, 0.05) is 6.26 Å². The van der Waals surface area contributed by atoms with Crippen molar-refractivity contribution in [1.29, 1.82) is 0 Å². The van der Waals surface area contributed by atoms with Crippen LogP contribution in [0.1, 0.15) is 5.56 Å². The molecule has 114 valence electrons. The second kappa shape index (κ2) is 5.76. The first-order chi connectivity index (χ1) is 9.74. The Balaban J connectivity index is 2.57. The number of aliphatic hydroxyl groups is 1. The van der Waals surface area contributed by atoms with Gasteiger partial charge in [-0.15, -0.1) is 11.3 Å². The van der Waals surface area contributed by atoms with Crippen LogP contribution in [0.2, 0.25) is 0 Å². The summed E-state index contributed by atoms with van der Waals surface area (Å²) in [5, 5.41) is 11.2. The van der Waals surface area contributed by atoms with Gasteiger partial charge in [0.2, 0.25) is 0 Å². The van der Waals surface area contributed by atoms with Crippen LogP contribution in [0.3, 0.4) is 0 Å². The fraction of sp³-hybridized carbons (Fsp3) is 0.167. The van der Waals surface area contributed by atoms with E-state index in [1.807, 2.05) is 0 Å². The highest BCUT2D eigenvalue weighted by atomic mass is 32.2. The van der Waals surface area contributed by atoms with E-state index < -0.39 is 19.9 Å². The quantitative estimate of drug-likeness (QED) is 0.852. The number of nitrogens with one attached hydrogen (secondary N) is 1. The number of anilines is 1. The lowest BCUT2D eigenvalue weighted by atomic mass is 10.2. The van der Waals surface area contributed by atoms with Crippen LogP contribution < -0.4 is 4.72 Å². The normalized spacial score (nSPS) is 12.3. The second-order valence-electron chi connectivity index (χ2n) is 4.29. The molecule has 0 fully saturated rings. The molecule has 1 heterocycles. The second-order valence-corrected chi connectivity index (χ2v) is 8.88. The summed E-state index contributed by atoms with van der Waals surface area (Å²) in [7, 11) is -7.78. The zero-order valence-corrected chi connectivity index (χ0v) is 13.4. The summed E-state index contributed by atoms with van der Waals surface area (Å²) < 4.78 is 50.6. The average Bonchev–Trinajstić information content (AvgIpc) is 2.89. The van der Waals surface area contributed by atoms with Crippen molar-refractivity contribution in [2.24, 2.45) is 0 Å². The van der Waals surface area contributed by atoms with Crippen LogP contribution >= 0.6 is 11.3 Å². The minimum absolute atomic E-state index is 0.325.